The SMILES string of the molecule is COc1ccc([C@@H](O)CNC(=O)OCC2c3ccccc3-c3ccccc32)cc1. The Balaban J connectivity index is 1.35. The third kappa shape index (κ3) is 3.96. The highest BCUT2D eigenvalue weighted by Crippen LogP contribution is 2.44. The van der Waals surface area contributed by atoms with Gasteiger partial charge in [0, 0.05) is 5.92 Å². The molecule has 29 heavy (non-hydrogen) atoms. The van der Waals surface area contributed by atoms with Crippen LogP contribution in [0.5, 0.6) is 5.75 Å². The lowest BCUT2D eigenvalue weighted by molar-refractivity contribution is 0.128. The van der Waals surface area contributed by atoms with E-state index >= 15 is 0 Å². The molecule has 1 amide bonds. The molecule has 0 spiro atoms. The van der Waals surface area contributed by atoms with Crippen molar-refractivity contribution < 1.29 is 19.4 Å². The highest BCUT2D eigenvalue weighted by Gasteiger charge is 2.29. The maximum Gasteiger partial charge on any atom is 0.407 e. The van der Waals surface area contributed by atoms with Gasteiger partial charge in [0.2, 0.25) is 0 Å². The molecule has 3 aromatic rings. The van der Waals surface area contributed by atoms with E-state index in [9.17, 15) is 9.90 Å². The molecule has 0 saturated carbocycles. The fourth-order valence-corrected chi connectivity index (χ4v) is 3.77. The first-order valence-corrected chi connectivity index (χ1v) is 9.58. The van der Waals surface area contributed by atoms with Crippen LogP contribution in [0.3, 0.4) is 0 Å². The summed E-state index contributed by atoms with van der Waals surface area (Å²) in [7, 11) is 1.59. The van der Waals surface area contributed by atoms with Gasteiger partial charge in [0.25, 0.3) is 0 Å². The van der Waals surface area contributed by atoms with Gasteiger partial charge in [-0.3, -0.25) is 0 Å². The van der Waals surface area contributed by atoms with Crippen LogP contribution in [0.25, 0.3) is 11.1 Å². The molecule has 1 atom stereocenters. The quantitative estimate of drug-likeness (QED) is 0.661. The van der Waals surface area contributed by atoms with E-state index in [4.69, 9.17) is 9.47 Å². The Bertz CT molecular complexity index is 954. The van der Waals surface area contributed by atoms with Crippen LogP contribution in [-0.4, -0.2) is 31.5 Å². The Morgan fingerprint density at radius 3 is 2.14 bits per heavy atom. The van der Waals surface area contributed by atoms with Gasteiger partial charge in [-0.15, -0.1) is 0 Å². The molecule has 0 fully saturated rings. The first-order chi connectivity index (χ1) is 14.2. The minimum atomic E-state index is -0.818. The molecule has 3 aromatic carbocycles. The molecule has 1 aliphatic rings. The summed E-state index contributed by atoms with van der Waals surface area (Å²) in [6, 6.07) is 23.5. The zero-order chi connectivity index (χ0) is 20.2. The Morgan fingerprint density at radius 1 is 0.966 bits per heavy atom. The topological polar surface area (TPSA) is 67.8 Å². The van der Waals surface area contributed by atoms with E-state index in [0.717, 1.165) is 0 Å². The number of hydrogen-bond acceptors (Lipinski definition) is 4. The third-order valence-electron chi connectivity index (χ3n) is 5.28. The van der Waals surface area contributed by atoms with Gasteiger partial charge in [-0.25, -0.2) is 4.79 Å². The molecule has 0 aliphatic heterocycles. The lowest BCUT2D eigenvalue weighted by atomic mass is 9.98. The van der Waals surface area contributed by atoms with Crippen LogP contribution in [0.4, 0.5) is 4.79 Å². The molecule has 0 aromatic heterocycles. The van der Waals surface area contributed by atoms with Crippen molar-refractivity contribution in [2.45, 2.75) is 12.0 Å². The second-order valence-electron chi connectivity index (χ2n) is 7.00. The van der Waals surface area contributed by atoms with Crippen molar-refractivity contribution in [1.29, 1.82) is 0 Å². The predicted molar refractivity (Wildman–Crippen MR) is 111 cm³/mol. The maximum absolute atomic E-state index is 12.2. The Labute approximate surface area is 169 Å². The van der Waals surface area contributed by atoms with Gasteiger partial charge in [-0.05, 0) is 39.9 Å². The summed E-state index contributed by atoms with van der Waals surface area (Å²) in [5.41, 5.74) is 5.41. The van der Waals surface area contributed by atoms with Gasteiger partial charge in [0.15, 0.2) is 0 Å². The molecular formula is C24H23NO4. The van der Waals surface area contributed by atoms with Gasteiger partial charge in [-0.1, -0.05) is 60.7 Å². The molecule has 0 heterocycles. The molecule has 2 N–H and O–H groups in total. The number of benzene rings is 3. The predicted octanol–water partition coefficient (Wildman–Crippen LogP) is 4.27. The van der Waals surface area contributed by atoms with Crippen LogP contribution < -0.4 is 10.1 Å². The van der Waals surface area contributed by atoms with Crippen molar-refractivity contribution in [3.63, 3.8) is 0 Å². The molecule has 1 aliphatic carbocycles. The van der Waals surface area contributed by atoms with Crippen LogP contribution in [0, 0.1) is 0 Å². The van der Waals surface area contributed by atoms with Crippen LogP contribution in [0.1, 0.15) is 28.7 Å². The molecule has 0 unspecified atom stereocenters. The Kier molecular flexibility index (Phi) is 5.49. The lowest BCUT2D eigenvalue weighted by Crippen LogP contribution is -2.30. The summed E-state index contributed by atoms with van der Waals surface area (Å²) in [5.74, 6) is 0.727. The summed E-state index contributed by atoms with van der Waals surface area (Å²) in [4.78, 5) is 12.2. The highest BCUT2D eigenvalue weighted by molar-refractivity contribution is 5.79. The van der Waals surface area contributed by atoms with E-state index < -0.39 is 12.2 Å². The molecular weight excluding hydrogens is 366 g/mol. The molecule has 5 nitrogen and oxygen atoms in total. The molecule has 148 valence electrons. The second-order valence-corrected chi connectivity index (χ2v) is 7.00. The van der Waals surface area contributed by atoms with Crippen molar-refractivity contribution in [1.82, 2.24) is 5.32 Å². The second kappa shape index (κ2) is 8.37. The number of ether oxygens (including phenoxy) is 2. The minimum absolute atomic E-state index is 0.0136. The number of alkyl carbamates (subject to hydrolysis) is 1. The van der Waals surface area contributed by atoms with E-state index in [0.29, 0.717) is 11.3 Å². The van der Waals surface area contributed by atoms with Gasteiger partial charge in [0.05, 0.1) is 19.8 Å². The molecule has 0 bridgehead atoms. The van der Waals surface area contributed by atoms with Crippen LogP contribution >= 0.6 is 0 Å². The number of aliphatic hydroxyl groups is 1. The average molecular weight is 389 g/mol. The van der Waals surface area contributed by atoms with Crippen LogP contribution in [0.15, 0.2) is 72.8 Å². The van der Waals surface area contributed by atoms with Crippen LogP contribution in [0.2, 0.25) is 0 Å². The van der Waals surface area contributed by atoms with Crippen LogP contribution in [-0.2, 0) is 4.74 Å². The number of hydrogen-bond donors (Lipinski definition) is 2. The summed E-state index contributed by atoms with van der Waals surface area (Å²) in [6.07, 6.45) is -1.36. The number of amides is 1. The summed E-state index contributed by atoms with van der Waals surface area (Å²) in [5, 5.41) is 12.9. The van der Waals surface area contributed by atoms with Crippen molar-refractivity contribution in [2.24, 2.45) is 0 Å². The zero-order valence-corrected chi connectivity index (χ0v) is 16.2. The van der Waals surface area contributed by atoms with Gasteiger partial charge in [0.1, 0.15) is 12.4 Å². The van der Waals surface area contributed by atoms with E-state index in [2.05, 4.69) is 29.6 Å². The van der Waals surface area contributed by atoms with Crippen molar-refractivity contribution >= 4 is 6.09 Å². The molecule has 4 rings (SSSR count). The fourth-order valence-electron chi connectivity index (χ4n) is 3.77. The smallest absolute Gasteiger partial charge is 0.407 e. The molecule has 0 radical (unpaired) electrons. The number of aliphatic hydroxyl groups excluding tert-OH is 1. The first-order valence-electron chi connectivity index (χ1n) is 9.58. The average Bonchev–Trinajstić information content (AvgIpc) is 3.10. The number of nitrogens with one attached hydrogen (secondary N) is 1. The zero-order valence-electron chi connectivity index (χ0n) is 16.2. The third-order valence-corrected chi connectivity index (χ3v) is 5.28. The highest BCUT2D eigenvalue weighted by atomic mass is 16.5. The number of methoxy groups -OCH3 is 1. The fraction of sp³-hybridized carbons (Fsp3) is 0.208. The van der Waals surface area contributed by atoms with Gasteiger partial charge >= 0.3 is 6.09 Å². The Hall–Kier alpha value is -3.31. The monoisotopic (exact) mass is 389 g/mol. The maximum atomic E-state index is 12.2. The number of carbonyl (C=O) groups is 1. The number of rotatable bonds is 6. The summed E-state index contributed by atoms with van der Waals surface area (Å²) >= 11 is 0. The van der Waals surface area contributed by atoms with E-state index in [1.54, 1.807) is 31.4 Å². The number of carbonyl (C=O) groups excluding carboxylic acids is 1. The standard InChI is InChI=1S/C24H23NO4/c1-28-17-12-10-16(11-13-17)23(26)14-25-24(27)29-15-22-20-8-4-2-6-18(20)19-7-3-5-9-21(19)22/h2-13,22-23,26H,14-15H2,1H3,(H,25,27)/t23-/m0/s1. The summed E-state index contributed by atoms with van der Waals surface area (Å²) < 4.78 is 10.6. The summed E-state index contributed by atoms with van der Waals surface area (Å²) in [6.45, 7) is 0.321. The van der Waals surface area contributed by atoms with Crippen molar-refractivity contribution in [3.05, 3.63) is 89.5 Å². The van der Waals surface area contributed by atoms with E-state index in [-0.39, 0.29) is 19.1 Å². The number of fused-ring (bicyclic) bond motifs is 3. The largest absolute Gasteiger partial charge is 0.497 e. The Morgan fingerprint density at radius 2 is 1.55 bits per heavy atom. The normalized spacial score (nSPS) is 13.3. The molecule has 5 heteroatoms. The van der Waals surface area contributed by atoms with E-state index in [1.165, 1.54) is 22.3 Å². The van der Waals surface area contributed by atoms with Crippen molar-refractivity contribution in [3.8, 4) is 16.9 Å². The minimum Gasteiger partial charge on any atom is -0.497 e. The van der Waals surface area contributed by atoms with Gasteiger partial charge in [-0.2, -0.15) is 0 Å². The van der Waals surface area contributed by atoms with Crippen molar-refractivity contribution in [2.75, 3.05) is 20.3 Å². The first kappa shape index (κ1) is 19.0. The molecule has 0 saturated heterocycles. The van der Waals surface area contributed by atoms with E-state index in [1.807, 2.05) is 24.3 Å². The van der Waals surface area contributed by atoms with Gasteiger partial charge < -0.3 is 19.9 Å². The lowest BCUT2D eigenvalue weighted by Gasteiger charge is -2.16.